The molecule has 0 aliphatic rings. The van der Waals surface area contributed by atoms with E-state index in [1.165, 1.54) is 5.56 Å². The lowest BCUT2D eigenvalue weighted by Gasteiger charge is -2.00. The van der Waals surface area contributed by atoms with Crippen LogP contribution in [-0.4, -0.2) is 6.61 Å². The molecule has 1 aromatic carbocycles. The van der Waals surface area contributed by atoms with E-state index in [2.05, 4.69) is 24.3 Å². The average molecular weight is 163 g/mol. The van der Waals surface area contributed by atoms with Gasteiger partial charge in [0.05, 0.1) is 6.61 Å². The summed E-state index contributed by atoms with van der Waals surface area (Å²) in [6.45, 7) is 4.47. The summed E-state index contributed by atoms with van der Waals surface area (Å²) in [5, 5.41) is 0. The first-order chi connectivity index (χ1) is 5.93. The molecule has 1 rings (SSSR count). The van der Waals surface area contributed by atoms with Gasteiger partial charge < -0.3 is 4.74 Å². The fourth-order valence-electron chi connectivity index (χ4n) is 1.12. The Hall–Kier alpha value is -0.820. The van der Waals surface area contributed by atoms with E-state index in [1.807, 2.05) is 13.0 Å². The molecule has 0 spiro atoms. The van der Waals surface area contributed by atoms with E-state index in [0.29, 0.717) is 0 Å². The third kappa shape index (κ3) is 3.54. The molecule has 0 aliphatic carbocycles. The Morgan fingerprint density at radius 2 is 2.00 bits per heavy atom. The summed E-state index contributed by atoms with van der Waals surface area (Å²) >= 11 is 0. The molecule has 1 aromatic rings. The van der Waals surface area contributed by atoms with Gasteiger partial charge in [0.15, 0.2) is 0 Å². The highest BCUT2D eigenvalue weighted by atomic mass is 16.5. The highest BCUT2D eigenvalue weighted by Gasteiger charge is 1.90. The minimum atomic E-state index is 0.825. The Balaban J connectivity index is 2.16. The maximum absolute atomic E-state index is 5.13. The van der Waals surface area contributed by atoms with E-state index < -0.39 is 0 Å². The van der Waals surface area contributed by atoms with Crippen molar-refractivity contribution in [2.45, 2.75) is 19.8 Å². The Bertz CT molecular complexity index is 193. The molecule has 0 N–H and O–H groups in total. The first-order valence-corrected chi connectivity index (χ1v) is 4.37. The van der Waals surface area contributed by atoms with E-state index in [9.17, 15) is 0 Å². The number of hydrogen-bond donors (Lipinski definition) is 0. The van der Waals surface area contributed by atoms with Gasteiger partial charge >= 0.3 is 0 Å². The third-order valence-corrected chi connectivity index (χ3v) is 1.74. The standard InChI is InChI=1S/C11H15O/c1-2-12-10-6-9-11-7-4-3-5-8-11/h2-5,7-8H,6,9-10H2,1H3. The van der Waals surface area contributed by atoms with Gasteiger partial charge in [0.2, 0.25) is 0 Å². The van der Waals surface area contributed by atoms with Crippen molar-refractivity contribution in [1.29, 1.82) is 0 Å². The molecule has 0 heterocycles. The van der Waals surface area contributed by atoms with Crippen LogP contribution in [0.15, 0.2) is 30.3 Å². The number of rotatable bonds is 5. The highest BCUT2D eigenvalue weighted by molar-refractivity contribution is 5.14. The number of aryl methyl sites for hydroxylation is 1. The van der Waals surface area contributed by atoms with Gasteiger partial charge in [0.25, 0.3) is 0 Å². The van der Waals surface area contributed by atoms with Crippen molar-refractivity contribution < 1.29 is 4.74 Å². The molecular weight excluding hydrogens is 148 g/mol. The first kappa shape index (κ1) is 9.27. The molecule has 1 heteroatoms. The Labute approximate surface area is 74.4 Å². The van der Waals surface area contributed by atoms with E-state index in [-0.39, 0.29) is 0 Å². The maximum Gasteiger partial charge on any atom is 0.0805 e. The maximum atomic E-state index is 5.13. The summed E-state index contributed by atoms with van der Waals surface area (Å²) in [6, 6.07) is 10.5. The van der Waals surface area contributed by atoms with Crippen LogP contribution < -0.4 is 0 Å². The lowest BCUT2D eigenvalue weighted by molar-refractivity contribution is 0.201. The zero-order valence-corrected chi connectivity index (χ0v) is 7.49. The van der Waals surface area contributed by atoms with Crippen LogP contribution in [0.4, 0.5) is 0 Å². The van der Waals surface area contributed by atoms with Gasteiger partial charge in [-0.3, -0.25) is 0 Å². The predicted octanol–water partition coefficient (Wildman–Crippen LogP) is 2.82. The van der Waals surface area contributed by atoms with Crippen molar-refractivity contribution in [1.82, 2.24) is 0 Å². The second kappa shape index (κ2) is 5.78. The lowest BCUT2D eigenvalue weighted by atomic mass is 10.1. The quantitative estimate of drug-likeness (QED) is 0.606. The van der Waals surface area contributed by atoms with Crippen LogP contribution in [0.5, 0.6) is 0 Å². The largest absolute Gasteiger partial charge is 0.376 e. The van der Waals surface area contributed by atoms with Crippen molar-refractivity contribution >= 4 is 0 Å². The van der Waals surface area contributed by atoms with Crippen LogP contribution in [0, 0.1) is 6.61 Å². The second-order valence-electron chi connectivity index (χ2n) is 2.70. The van der Waals surface area contributed by atoms with Gasteiger partial charge in [0.1, 0.15) is 0 Å². The highest BCUT2D eigenvalue weighted by Crippen LogP contribution is 2.02. The molecular formula is C11H15O. The lowest BCUT2D eigenvalue weighted by Crippen LogP contribution is -1.92. The molecule has 0 fully saturated rings. The van der Waals surface area contributed by atoms with Crippen LogP contribution in [0.3, 0.4) is 0 Å². The predicted molar refractivity (Wildman–Crippen MR) is 50.7 cm³/mol. The van der Waals surface area contributed by atoms with E-state index in [4.69, 9.17) is 4.74 Å². The van der Waals surface area contributed by atoms with Crippen LogP contribution >= 0.6 is 0 Å². The molecule has 65 valence electrons. The van der Waals surface area contributed by atoms with Crippen LogP contribution in [0.1, 0.15) is 18.9 Å². The van der Waals surface area contributed by atoms with E-state index >= 15 is 0 Å². The summed E-state index contributed by atoms with van der Waals surface area (Å²) in [5.74, 6) is 0. The molecule has 1 nitrogen and oxygen atoms in total. The monoisotopic (exact) mass is 163 g/mol. The SMILES string of the molecule is C[CH]OCCCc1ccccc1. The van der Waals surface area contributed by atoms with Crippen molar-refractivity contribution in [2.75, 3.05) is 6.61 Å². The van der Waals surface area contributed by atoms with Crippen molar-refractivity contribution in [3.63, 3.8) is 0 Å². The normalized spacial score (nSPS) is 10.1. The fraction of sp³-hybridized carbons (Fsp3) is 0.364. The summed E-state index contributed by atoms with van der Waals surface area (Å²) in [7, 11) is 0. The van der Waals surface area contributed by atoms with Crippen LogP contribution in [0.2, 0.25) is 0 Å². The minimum absolute atomic E-state index is 0.825. The van der Waals surface area contributed by atoms with Gasteiger partial charge in [-0.2, -0.15) is 0 Å². The van der Waals surface area contributed by atoms with Crippen molar-refractivity contribution in [2.24, 2.45) is 0 Å². The van der Waals surface area contributed by atoms with Crippen LogP contribution in [0.25, 0.3) is 0 Å². The fourth-order valence-corrected chi connectivity index (χ4v) is 1.12. The second-order valence-corrected chi connectivity index (χ2v) is 2.70. The third-order valence-electron chi connectivity index (χ3n) is 1.74. The molecule has 0 atom stereocenters. The smallest absolute Gasteiger partial charge is 0.0805 e. The summed E-state index contributed by atoms with van der Waals surface area (Å²) in [4.78, 5) is 0. The number of benzene rings is 1. The topological polar surface area (TPSA) is 9.23 Å². The number of ether oxygens (including phenoxy) is 1. The average Bonchev–Trinajstić information content (AvgIpc) is 2.14. The van der Waals surface area contributed by atoms with Gasteiger partial charge in [-0.15, -0.1) is 0 Å². The summed E-state index contributed by atoms with van der Waals surface area (Å²) < 4.78 is 5.13. The number of hydrogen-bond acceptors (Lipinski definition) is 1. The molecule has 1 radical (unpaired) electrons. The van der Waals surface area contributed by atoms with Crippen molar-refractivity contribution in [3.05, 3.63) is 42.5 Å². The Kier molecular flexibility index (Phi) is 4.47. The molecule has 0 aliphatic heterocycles. The molecule has 0 bridgehead atoms. The van der Waals surface area contributed by atoms with Gasteiger partial charge in [-0.05, 0) is 25.3 Å². The minimum Gasteiger partial charge on any atom is -0.376 e. The molecule has 0 aromatic heterocycles. The molecule has 0 saturated carbocycles. The molecule has 0 saturated heterocycles. The Morgan fingerprint density at radius 1 is 1.25 bits per heavy atom. The van der Waals surface area contributed by atoms with Gasteiger partial charge in [-0.1, -0.05) is 30.3 Å². The van der Waals surface area contributed by atoms with Crippen LogP contribution in [-0.2, 0) is 11.2 Å². The van der Waals surface area contributed by atoms with Gasteiger partial charge in [-0.25, -0.2) is 0 Å². The Morgan fingerprint density at radius 3 is 2.67 bits per heavy atom. The van der Waals surface area contributed by atoms with Crippen molar-refractivity contribution in [3.8, 4) is 0 Å². The summed E-state index contributed by atoms with van der Waals surface area (Å²) in [5.41, 5.74) is 1.39. The zero-order valence-electron chi connectivity index (χ0n) is 7.49. The van der Waals surface area contributed by atoms with Gasteiger partial charge in [0, 0.05) is 6.61 Å². The van der Waals surface area contributed by atoms with E-state index in [1.54, 1.807) is 6.61 Å². The zero-order chi connectivity index (χ0) is 8.65. The first-order valence-electron chi connectivity index (χ1n) is 4.37. The molecule has 12 heavy (non-hydrogen) atoms. The van der Waals surface area contributed by atoms with E-state index in [0.717, 1.165) is 19.4 Å². The molecule has 0 unspecified atom stereocenters. The molecule has 0 amide bonds. The summed E-state index contributed by atoms with van der Waals surface area (Å²) in [6.07, 6.45) is 2.20.